The van der Waals surface area contributed by atoms with Gasteiger partial charge in [-0.15, -0.1) is 0 Å². The van der Waals surface area contributed by atoms with Crippen molar-refractivity contribution >= 4 is 34.7 Å². The molecule has 6 N–H and O–H groups in total. The minimum absolute atomic E-state index is 0.0626. The predicted octanol–water partition coefficient (Wildman–Crippen LogP) is 7.74. The van der Waals surface area contributed by atoms with Crippen LogP contribution >= 0.6 is 0 Å². The molecule has 0 spiro atoms. The van der Waals surface area contributed by atoms with E-state index in [1.54, 1.807) is 25.2 Å². The van der Waals surface area contributed by atoms with Crippen LogP contribution in [0.4, 0.5) is 0 Å². The van der Waals surface area contributed by atoms with Gasteiger partial charge in [-0.3, -0.25) is 24.6 Å². The van der Waals surface area contributed by atoms with Crippen LogP contribution in [-0.2, 0) is 27.3 Å². The molecule has 0 radical (unpaired) electrons. The number of aliphatic hydroxyl groups excluding tert-OH is 1. The summed E-state index contributed by atoms with van der Waals surface area (Å²) < 4.78 is 4.16. The van der Waals surface area contributed by atoms with Crippen LogP contribution in [0, 0.1) is 11.3 Å². The summed E-state index contributed by atoms with van der Waals surface area (Å²) in [6.07, 6.45) is 11.9. The van der Waals surface area contributed by atoms with Crippen LogP contribution in [0.3, 0.4) is 0 Å². The number of hydrogen-bond donors (Lipinski definition) is 6. The molecule has 73 heavy (non-hydrogen) atoms. The molecule has 0 bridgehead atoms. The van der Waals surface area contributed by atoms with Crippen LogP contribution in [-0.4, -0.2) is 91.6 Å². The highest BCUT2D eigenvalue weighted by atomic mass is 16.3. The number of likely N-dealkylation sites (N-methyl/N-ethyl adjacent to an activating group) is 1. The van der Waals surface area contributed by atoms with Crippen LogP contribution in [0.15, 0.2) is 116 Å². The van der Waals surface area contributed by atoms with Gasteiger partial charge >= 0.3 is 0 Å². The highest BCUT2D eigenvalue weighted by Crippen LogP contribution is 2.40. The number of carbonyl (C=O) groups excluding carboxylic acids is 4. The number of nitrogens with zero attached hydrogens (tertiary/aromatic N) is 4. The van der Waals surface area contributed by atoms with Gasteiger partial charge in [0.15, 0.2) is 0 Å². The van der Waals surface area contributed by atoms with Gasteiger partial charge < -0.3 is 40.4 Å². The van der Waals surface area contributed by atoms with Gasteiger partial charge in [-0.2, -0.15) is 0 Å². The molecule has 5 atom stereocenters. The zero-order valence-electron chi connectivity index (χ0n) is 42.1. The fraction of sp³-hybridized carbons (Fsp3) is 0.424. The molecule has 1 aliphatic heterocycles. The summed E-state index contributed by atoms with van der Waals surface area (Å²) in [5.74, 6) is -1.18. The Hall–Kier alpha value is -6.90. The van der Waals surface area contributed by atoms with E-state index in [9.17, 15) is 29.7 Å². The van der Waals surface area contributed by atoms with Gasteiger partial charge in [-0.1, -0.05) is 116 Å². The molecule has 380 valence electrons. The average molecular weight is 984 g/mol. The highest BCUT2D eigenvalue weighted by Gasteiger charge is 2.45. The van der Waals surface area contributed by atoms with Gasteiger partial charge in [0, 0.05) is 36.3 Å². The lowest BCUT2D eigenvalue weighted by atomic mass is 9.83. The molecule has 0 unspecified atom stereocenters. The standard InChI is InChI=1S/C59H69N9O5/c1-37(61-2)56(70)65-52(41-18-8-4-9-19-41)59(73)66-35-44(33-49(66)58(72)64-48-24-14-22-39-15-12-13-23-47(39)48)63-57(71)43-27-25-38(26-28-43)34-67-53(42-20-10-5-11-21-42)50(40-16-6-3-7-17-40)51-54(60)68(36-62-55(51)67)45-29-31-46(69)32-30-45/h3,5-7,10-13,15-17,20-21,23,25-28,36-37,41,44-46,48-49,52,60-61,69H,4,8-9,14,18-19,22,24,29-35H2,1-2H3,(H,63,71)(H,64,72)(H,65,70)/t37-,44-,45?,46?,48+,49-,52-/m0/s1. The maximum atomic E-state index is 15.0. The summed E-state index contributed by atoms with van der Waals surface area (Å²) in [6, 6.07) is 33.3. The lowest BCUT2D eigenvalue weighted by Gasteiger charge is -2.35. The second-order valence-corrected chi connectivity index (χ2v) is 20.9. The Balaban J connectivity index is 0.929. The molecule has 6 aromatic rings. The van der Waals surface area contributed by atoms with Gasteiger partial charge in [0.2, 0.25) is 17.7 Å². The quantitative estimate of drug-likeness (QED) is 0.0645. The Morgan fingerprint density at radius 3 is 2.18 bits per heavy atom. The molecule has 3 heterocycles. The summed E-state index contributed by atoms with van der Waals surface area (Å²) >= 11 is 0. The van der Waals surface area contributed by atoms with Crippen molar-refractivity contribution in [3.63, 3.8) is 0 Å². The molecule has 14 heteroatoms. The van der Waals surface area contributed by atoms with E-state index in [0.29, 0.717) is 36.1 Å². The van der Waals surface area contributed by atoms with E-state index >= 15 is 0 Å². The molecule has 10 rings (SSSR count). The average Bonchev–Trinajstić information content (AvgIpc) is 4.00. The Bertz CT molecular complexity index is 2990. The van der Waals surface area contributed by atoms with Crippen molar-refractivity contribution in [2.75, 3.05) is 13.6 Å². The third-order valence-corrected chi connectivity index (χ3v) is 16.2. The Kier molecular flexibility index (Phi) is 15.0. The number of aromatic nitrogens is 3. The van der Waals surface area contributed by atoms with Gasteiger partial charge in [0.05, 0.1) is 35.6 Å². The fourth-order valence-electron chi connectivity index (χ4n) is 12.1. The van der Waals surface area contributed by atoms with Gasteiger partial charge in [0.1, 0.15) is 23.2 Å². The first-order valence-corrected chi connectivity index (χ1v) is 26.6. The maximum absolute atomic E-state index is 15.0. The number of aryl methyl sites for hydroxylation is 1. The van der Waals surface area contributed by atoms with Crippen molar-refractivity contribution in [3.05, 3.63) is 143 Å². The number of benzene rings is 4. The van der Waals surface area contributed by atoms with Crippen molar-refractivity contribution in [1.82, 2.24) is 40.3 Å². The van der Waals surface area contributed by atoms with Crippen LogP contribution in [0.2, 0.25) is 0 Å². The van der Waals surface area contributed by atoms with Crippen LogP contribution in [0.25, 0.3) is 33.4 Å². The topological polar surface area (TPSA) is 186 Å². The summed E-state index contributed by atoms with van der Waals surface area (Å²) in [4.78, 5) is 63.9. The summed E-state index contributed by atoms with van der Waals surface area (Å²) in [5.41, 5.74) is 8.59. The van der Waals surface area contributed by atoms with Crippen molar-refractivity contribution in [2.24, 2.45) is 5.92 Å². The molecule has 4 aliphatic rings. The number of carbonyl (C=O) groups is 4. The number of likely N-dealkylation sites (tertiary alicyclic amines) is 1. The Morgan fingerprint density at radius 2 is 1.47 bits per heavy atom. The summed E-state index contributed by atoms with van der Waals surface area (Å²) in [7, 11) is 1.71. The second-order valence-electron chi connectivity index (χ2n) is 20.9. The second kappa shape index (κ2) is 22.1. The lowest BCUT2D eigenvalue weighted by Crippen LogP contribution is -2.58. The van der Waals surface area contributed by atoms with E-state index in [2.05, 4.69) is 62.2 Å². The Labute approximate surface area is 427 Å². The van der Waals surface area contributed by atoms with E-state index < -0.39 is 24.2 Å². The summed E-state index contributed by atoms with van der Waals surface area (Å²) in [5, 5.41) is 33.4. The highest BCUT2D eigenvalue weighted by molar-refractivity contribution is 6.03. The molecule has 2 aromatic heterocycles. The van der Waals surface area contributed by atoms with Crippen molar-refractivity contribution in [2.45, 2.75) is 139 Å². The zero-order valence-corrected chi connectivity index (χ0v) is 42.1. The molecule has 3 aliphatic carbocycles. The first-order valence-electron chi connectivity index (χ1n) is 26.6. The minimum atomic E-state index is -0.849. The molecule has 14 nitrogen and oxygen atoms in total. The smallest absolute Gasteiger partial charge is 0.251 e. The van der Waals surface area contributed by atoms with Crippen molar-refractivity contribution in [1.29, 1.82) is 5.41 Å². The molecule has 4 aromatic carbocycles. The van der Waals surface area contributed by atoms with E-state index in [0.717, 1.165) is 103 Å². The van der Waals surface area contributed by atoms with Gasteiger partial charge in [-0.25, -0.2) is 4.98 Å². The number of hydrogen-bond acceptors (Lipinski definition) is 8. The predicted molar refractivity (Wildman–Crippen MR) is 282 cm³/mol. The molecular formula is C59H69N9O5. The number of rotatable bonds is 14. The van der Waals surface area contributed by atoms with E-state index in [1.807, 2.05) is 77.4 Å². The molecule has 4 amide bonds. The van der Waals surface area contributed by atoms with E-state index in [-0.39, 0.29) is 60.7 Å². The van der Waals surface area contributed by atoms with Crippen molar-refractivity contribution in [3.8, 4) is 22.4 Å². The normalized spacial score (nSPS) is 22.0. The third kappa shape index (κ3) is 10.5. The third-order valence-electron chi connectivity index (χ3n) is 16.2. The maximum Gasteiger partial charge on any atom is 0.251 e. The largest absolute Gasteiger partial charge is 0.393 e. The minimum Gasteiger partial charge on any atom is -0.393 e. The van der Waals surface area contributed by atoms with E-state index in [1.165, 1.54) is 5.56 Å². The molecule has 3 fully saturated rings. The first-order chi connectivity index (χ1) is 35.6. The fourth-order valence-corrected chi connectivity index (χ4v) is 12.1. The number of aliphatic hydroxyl groups is 1. The van der Waals surface area contributed by atoms with Gasteiger partial charge in [-0.05, 0) is 124 Å². The monoisotopic (exact) mass is 984 g/mol. The number of amides is 4. The first kappa shape index (κ1) is 49.7. The van der Waals surface area contributed by atoms with Gasteiger partial charge in [0.25, 0.3) is 5.91 Å². The lowest BCUT2D eigenvalue weighted by molar-refractivity contribution is -0.143. The van der Waals surface area contributed by atoms with Crippen molar-refractivity contribution < 1.29 is 24.3 Å². The molecule has 1 saturated heterocycles. The number of fused-ring (bicyclic) bond motifs is 2. The number of nitrogens with one attached hydrogen (secondary N) is 5. The van der Waals surface area contributed by atoms with Crippen LogP contribution in [0.5, 0.6) is 0 Å². The summed E-state index contributed by atoms with van der Waals surface area (Å²) in [6.45, 7) is 2.31. The molecular weight excluding hydrogens is 915 g/mol. The molecule has 2 saturated carbocycles. The Morgan fingerprint density at radius 1 is 0.781 bits per heavy atom. The SMILES string of the molecule is CN[C@@H](C)C(=O)N[C@H](C(=O)N1C[C@@H](NC(=O)c2ccc(Cn3c(-c4ccccc4)c(-c4ccccc4)c4c(=N)n(C5CCC(O)CC5)cnc43)cc2)C[C@H]1C(=O)N[C@@H]1CCCc2ccccc21)C1CCCCC1. The van der Waals surface area contributed by atoms with Crippen LogP contribution < -0.4 is 26.8 Å². The zero-order chi connectivity index (χ0) is 50.6. The van der Waals surface area contributed by atoms with Crippen LogP contribution in [0.1, 0.15) is 123 Å². The van der Waals surface area contributed by atoms with E-state index in [4.69, 9.17) is 4.98 Å².